The van der Waals surface area contributed by atoms with Gasteiger partial charge in [-0.2, -0.15) is 0 Å². The van der Waals surface area contributed by atoms with Crippen LogP contribution in [0.2, 0.25) is 0 Å². The van der Waals surface area contributed by atoms with E-state index in [9.17, 15) is 0 Å². The molecule has 0 radical (unpaired) electrons. The summed E-state index contributed by atoms with van der Waals surface area (Å²) in [6.45, 7) is 6.43. The highest BCUT2D eigenvalue weighted by molar-refractivity contribution is 5.79. The van der Waals surface area contributed by atoms with Crippen LogP contribution in [-0.2, 0) is 17.7 Å². The SMILES string of the molecule is CN=C(NCc1cc2c(cc1OC)CC(C)O2)NCC1(C)CCCO1. The molecule has 0 spiro atoms. The first kappa shape index (κ1) is 17.9. The Labute approximate surface area is 149 Å². The summed E-state index contributed by atoms with van der Waals surface area (Å²) < 4.78 is 17.2. The molecule has 0 saturated carbocycles. The zero-order valence-electron chi connectivity index (χ0n) is 15.6. The minimum Gasteiger partial charge on any atom is -0.496 e. The van der Waals surface area contributed by atoms with Crippen molar-refractivity contribution in [2.24, 2.45) is 4.99 Å². The number of guanidine groups is 1. The van der Waals surface area contributed by atoms with E-state index in [0.717, 1.165) is 55.4 Å². The van der Waals surface area contributed by atoms with Gasteiger partial charge in [0, 0.05) is 44.3 Å². The molecule has 2 atom stereocenters. The van der Waals surface area contributed by atoms with E-state index in [1.165, 1.54) is 5.56 Å². The zero-order valence-corrected chi connectivity index (χ0v) is 15.6. The van der Waals surface area contributed by atoms with E-state index >= 15 is 0 Å². The summed E-state index contributed by atoms with van der Waals surface area (Å²) >= 11 is 0. The molecule has 6 heteroatoms. The number of aliphatic imine (C=N–C) groups is 1. The van der Waals surface area contributed by atoms with E-state index in [4.69, 9.17) is 14.2 Å². The average Bonchev–Trinajstić information content (AvgIpc) is 3.18. The first-order valence-corrected chi connectivity index (χ1v) is 8.98. The van der Waals surface area contributed by atoms with Crippen molar-refractivity contribution in [2.45, 2.75) is 51.4 Å². The average molecular weight is 347 g/mol. The quantitative estimate of drug-likeness (QED) is 0.632. The molecule has 2 aliphatic heterocycles. The fourth-order valence-electron chi connectivity index (χ4n) is 3.46. The van der Waals surface area contributed by atoms with Gasteiger partial charge in [-0.15, -0.1) is 0 Å². The number of rotatable bonds is 5. The number of hydrogen-bond donors (Lipinski definition) is 2. The Morgan fingerprint density at radius 2 is 2.24 bits per heavy atom. The lowest BCUT2D eigenvalue weighted by molar-refractivity contribution is 0.0243. The standard InChI is InChI=1S/C19H29N3O3/c1-13-8-14-9-16(23-4)15(10-17(14)25-13)11-21-18(20-3)22-12-19(2)6-5-7-24-19/h9-10,13H,5-8,11-12H2,1-4H3,(H2,20,21,22). The fraction of sp³-hybridized carbons (Fsp3) is 0.632. The number of hydrogen-bond acceptors (Lipinski definition) is 4. The van der Waals surface area contributed by atoms with Crippen LogP contribution in [-0.4, -0.2) is 45.0 Å². The predicted molar refractivity (Wildman–Crippen MR) is 98.6 cm³/mol. The minimum atomic E-state index is -0.104. The summed E-state index contributed by atoms with van der Waals surface area (Å²) in [5.41, 5.74) is 2.16. The van der Waals surface area contributed by atoms with Crippen molar-refractivity contribution in [1.29, 1.82) is 0 Å². The third-order valence-electron chi connectivity index (χ3n) is 4.90. The summed E-state index contributed by atoms with van der Waals surface area (Å²) in [4.78, 5) is 4.30. The zero-order chi connectivity index (χ0) is 17.9. The van der Waals surface area contributed by atoms with E-state index in [-0.39, 0.29) is 11.7 Å². The van der Waals surface area contributed by atoms with E-state index in [1.807, 2.05) is 0 Å². The van der Waals surface area contributed by atoms with E-state index < -0.39 is 0 Å². The summed E-state index contributed by atoms with van der Waals surface area (Å²) in [5.74, 6) is 2.60. The van der Waals surface area contributed by atoms with Crippen molar-refractivity contribution in [1.82, 2.24) is 10.6 Å². The normalized spacial score (nSPS) is 25.4. The molecule has 1 saturated heterocycles. The third kappa shape index (κ3) is 4.18. The first-order valence-electron chi connectivity index (χ1n) is 8.98. The maximum Gasteiger partial charge on any atom is 0.191 e. The molecule has 2 N–H and O–H groups in total. The monoisotopic (exact) mass is 347 g/mol. The molecule has 0 aromatic heterocycles. The van der Waals surface area contributed by atoms with Gasteiger partial charge in [0.25, 0.3) is 0 Å². The Kier molecular flexibility index (Phi) is 5.37. The minimum absolute atomic E-state index is 0.104. The van der Waals surface area contributed by atoms with E-state index in [2.05, 4.69) is 41.6 Å². The third-order valence-corrected chi connectivity index (χ3v) is 4.90. The maximum absolute atomic E-state index is 5.86. The molecule has 2 heterocycles. The Hall–Kier alpha value is -1.95. The van der Waals surface area contributed by atoms with Crippen LogP contribution in [0.4, 0.5) is 0 Å². The lowest BCUT2D eigenvalue weighted by Crippen LogP contribution is -2.45. The summed E-state index contributed by atoms with van der Waals surface area (Å²) in [5, 5.41) is 6.71. The molecule has 3 rings (SSSR count). The van der Waals surface area contributed by atoms with Gasteiger partial charge >= 0.3 is 0 Å². The highest BCUT2D eigenvalue weighted by Gasteiger charge is 2.29. The van der Waals surface area contributed by atoms with Gasteiger partial charge in [0.05, 0.1) is 12.7 Å². The van der Waals surface area contributed by atoms with Gasteiger partial charge in [0.15, 0.2) is 5.96 Å². The molecule has 1 fully saturated rings. The number of nitrogens with zero attached hydrogens (tertiary/aromatic N) is 1. The van der Waals surface area contributed by atoms with Crippen molar-refractivity contribution in [3.63, 3.8) is 0 Å². The van der Waals surface area contributed by atoms with Gasteiger partial charge in [0.1, 0.15) is 17.6 Å². The molecule has 2 unspecified atom stereocenters. The Balaban J connectivity index is 1.61. The number of ether oxygens (including phenoxy) is 3. The Bertz CT molecular complexity index is 639. The van der Waals surface area contributed by atoms with Crippen LogP contribution >= 0.6 is 0 Å². The molecular formula is C19H29N3O3. The Morgan fingerprint density at radius 3 is 2.92 bits per heavy atom. The van der Waals surface area contributed by atoms with E-state index in [1.54, 1.807) is 14.2 Å². The van der Waals surface area contributed by atoms with Crippen LogP contribution in [0.1, 0.15) is 37.8 Å². The van der Waals surface area contributed by atoms with Crippen LogP contribution in [0.25, 0.3) is 0 Å². The highest BCUT2D eigenvalue weighted by Crippen LogP contribution is 2.34. The molecule has 0 amide bonds. The topological polar surface area (TPSA) is 64.1 Å². The molecule has 25 heavy (non-hydrogen) atoms. The summed E-state index contributed by atoms with van der Waals surface area (Å²) in [6.07, 6.45) is 3.35. The second-order valence-electron chi connectivity index (χ2n) is 7.09. The molecule has 2 aliphatic rings. The maximum atomic E-state index is 5.86. The molecule has 6 nitrogen and oxygen atoms in total. The number of fused-ring (bicyclic) bond motifs is 1. The number of methoxy groups -OCH3 is 1. The lowest BCUT2D eigenvalue weighted by atomic mass is 10.0. The van der Waals surface area contributed by atoms with Crippen molar-refractivity contribution in [2.75, 3.05) is 27.3 Å². The molecular weight excluding hydrogens is 318 g/mol. The van der Waals surface area contributed by atoms with Gasteiger partial charge in [-0.25, -0.2) is 0 Å². The first-order chi connectivity index (χ1) is 12.0. The van der Waals surface area contributed by atoms with Crippen molar-refractivity contribution < 1.29 is 14.2 Å². The predicted octanol–water partition coefficient (Wildman–Crippen LogP) is 2.25. The van der Waals surface area contributed by atoms with Gasteiger partial charge < -0.3 is 24.8 Å². The molecule has 1 aromatic carbocycles. The van der Waals surface area contributed by atoms with Crippen LogP contribution in [0.5, 0.6) is 11.5 Å². The highest BCUT2D eigenvalue weighted by atomic mass is 16.5. The van der Waals surface area contributed by atoms with Crippen molar-refractivity contribution in [3.8, 4) is 11.5 Å². The van der Waals surface area contributed by atoms with Gasteiger partial charge in [-0.1, -0.05) is 0 Å². The molecule has 138 valence electrons. The number of benzene rings is 1. The van der Waals surface area contributed by atoms with Crippen LogP contribution < -0.4 is 20.1 Å². The largest absolute Gasteiger partial charge is 0.496 e. The van der Waals surface area contributed by atoms with Gasteiger partial charge in [0.2, 0.25) is 0 Å². The fourth-order valence-corrected chi connectivity index (χ4v) is 3.46. The summed E-state index contributed by atoms with van der Waals surface area (Å²) in [6, 6.07) is 4.15. The van der Waals surface area contributed by atoms with Crippen molar-refractivity contribution >= 4 is 5.96 Å². The Morgan fingerprint density at radius 1 is 1.40 bits per heavy atom. The molecule has 1 aromatic rings. The second-order valence-corrected chi connectivity index (χ2v) is 7.09. The van der Waals surface area contributed by atoms with Crippen LogP contribution in [0.3, 0.4) is 0 Å². The summed E-state index contributed by atoms with van der Waals surface area (Å²) in [7, 11) is 3.48. The van der Waals surface area contributed by atoms with E-state index in [0.29, 0.717) is 6.54 Å². The van der Waals surface area contributed by atoms with Gasteiger partial charge in [-0.3, -0.25) is 4.99 Å². The van der Waals surface area contributed by atoms with Crippen LogP contribution in [0, 0.1) is 0 Å². The van der Waals surface area contributed by atoms with Crippen LogP contribution in [0.15, 0.2) is 17.1 Å². The smallest absolute Gasteiger partial charge is 0.191 e. The van der Waals surface area contributed by atoms with Gasteiger partial charge in [-0.05, 0) is 38.8 Å². The lowest BCUT2D eigenvalue weighted by Gasteiger charge is -2.24. The van der Waals surface area contributed by atoms with Crippen molar-refractivity contribution in [3.05, 3.63) is 23.3 Å². The molecule has 0 aliphatic carbocycles. The second kappa shape index (κ2) is 7.52. The number of nitrogens with one attached hydrogen (secondary N) is 2. The molecule has 0 bridgehead atoms.